The molecular formula is C15H21NO3S. The van der Waals surface area contributed by atoms with E-state index in [0.717, 1.165) is 24.1 Å². The number of carbonyl (C=O) groups excluding carboxylic acids is 1. The normalized spacial score (nSPS) is 22.2. The standard InChI is InChI=1S/C15H21NO3S/c1-3-8-15(14(18)19)9-5-10-16(15)13(17)12-7-6-11(4-2)20-12/h6-7H,3-5,8-10H2,1-2H3,(H,18,19). The van der Waals surface area contributed by atoms with Crippen molar-refractivity contribution >= 4 is 23.2 Å². The predicted octanol–water partition coefficient (Wildman–Crippen LogP) is 3.17. The Morgan fingerprint density at radius 2 is 2.15 bits per heavy atom. The van der Waals surface area contributed by atoms with Gasteiger partial charge in [-0.2, -0.15) is 0 Å². The van der Waals surface area contributed by atoms with Crippen LogP contribution in [0.1, 0.15) is 54.1 Å². The van der Waals surface area contributed by atoms with E-state index in [0.29, 0.717) is 24.3 Å². The van der Waals surface area contributed by atoms with Gasteiger partial charge in [0.2, 0.25) is 0 Å². The number of hydrogen-bond acceptors (Lipinski definition) is 3. The van der Waals surface area contributed by atoms with Gasteiger partial charge in [0.05, 0.1) is 4.88 Å². The molecule has 1 unspecified atom stereocenters. The molecule has 110 valence electrons. The molecule has 0 aromatic carbocycles. The highest BCUT2D eigenvalue weighted by Gasteiger charge is 2.49. The van der Waals surface area contributed by atoms with Gasteiger partial charge >= 0.3 is 5.97 Å². The van der Waals surface area contributed by atoms with E-state index in [1.807, 2.05) is 19.1 Å². The molecule has 20 heavy (non-hydrogen) atoms. The van der Waals surface area contributed by atoms with Gasteiger partial charge in [0.25, 0.3) is 5.91 Å². The number of hydrogen-bond donors (Lipinski definition) is 1. The molecule has 1 amide bonds. The number of nitrogens with zero attached hydrogens (tertiary/aromatic N) is 1. The average molecular weight is 295 g/mol. The van der Waals surface area contributed by atoms with Crippen molar-refractivity contribution < 1.29 is 14.7 Å². The Morgan fingerprint density at radius 3 is 2.70 bits per heavy atom. The summed E-state index contributed by atoms with van der Waals surface area (Å²) in [6.45, 7) is 4.56. The number of amides is 1. The number of likely N-dealkylation sites (tertiary alicyclic amines) is 1. The molecule has 1 aromatic heterocycles. The van der Waals surface area contributed by atoms with Crippen LogP contribution >= 0.6 is 11.3 Å². The summed E-state index contributed by atoms with van der Waals surface area (Å²) in [4.78, 5) is 27.8. The molecule has 0 bridgehead atoms. The summed E-state index contributed by atoms with van der Waals surface area (Å²) in [6.07, 6.45) is 3.52. The van der Waals surface area contributed by atoms with Crippen molar-refractivity contribution in [2.75, 3.05) is 6.54 Å². The Bertz CT molecular complexity index is 511. The third-order valence-electron chi connectivity index (χ3n) is 4.02. The summed E-state index contributed by atoms with van der Waals surface area (Å²) in [5.41, 5.74) is -0.998. The monoisotopic (exact) mass is 295 g/mol. The Hall–Kier alpha value is -1.36. The molecule has 1 atom stereocenters. The zero-order valence-corrected chi connectivity index (χ0v) is 12.8. The number of carboxylic acids is 1. The highest BCUT2D eigenvalue weighted by Crippen LogP contribution is 2.36. The second-order valence-electron chi connectivity index (χ2n) is 5.27. The highest BCUT2D eigenvalue weighted by molar-refractivity contribution is 7.14. The Balaban J connectivity index is 2.29. The van der Waals surface area contributed by atoms with Crippen LogP contribution in [0.3, 0.4) is 0 Å². The molecule has 1 aliphatic heterocycles. The quantitative estimate of drug-likeness (QED) is 0.907. The lowest BCUT2D eigenvalue weighted by molar-refractivity contribution is -0.148. The van der Waals surface area contributed by atoms with Crippen molar-refractivity contribution in [3.63, 3.8) is 0 Å². The lowest BCUT2D eigenvalue weighted by atomic mass is 9.90. The van der Waals surface area contributed by atoms with Gasteiger partial charge < -0.3 is 10.0 Å². The smallest absolute Gasteiger partial charge is 0.329 e. The minimum absolute atomic E-state index is 0.122. The molecule has 0 spiro atoms. The second kappa shape index (κ2) is 5.95. The van der Waals surface area contributed by atoms with Crippen molar-refractivity contribution in [1.29, 1.82) is 0 Å². The van der Waals surface area contributed by atoms with Crippen LogP contribution in [0.15, 0.2) is 12.1 Å². The van der Waals surface area contributed by atoms with E-state index in [-0.39, 0.29) is 5.91 Å². The van der Waals surface area contributed by atoms with E-state index in [4.69, 9.17) is 0 Å². The predicted molar refractivity (Wildman–Crippen MR) is 79.2 cm³/mol. The topological polar surface area (TPSA) is 57.6 Å². The van der Waals surface area contributed by atoms with E-state index in [2.05, 4.69) is 6.92 Å². The number of carboxylic acid groups (broad SMARTS) is 1. The van der Waals surface area contributed by atoms with Crippen LogP contribution in [0, 0.1) is 0 Å². The van der Waals surface area contributed by atoms with E-state index in [1.54, 1.807) is 4.90 Å². The third-order valence-corrected chi connectivity index (χ3v) is 5.23. The first-order chi connectivity index (χ1) is 9.55. The number of thiophene rings is 1. The molecule has 1 aromatic rings. The van der Waals surface area contributed by atoms with Crippen LogP contribution in [-0.2, 0) is 11.2 Å². The van der Waals surface area contributed by atoms with Gasteiger partial charge in [-0.15, -0.1) is 11.3 Å². The number of carbonyl (C=O) groups is 2. The molecule has 1 saturated heterocycles. The maximum atomic E-state index is 12.6. The third kappa shape index (κ3) is 2.46. The average Bonchev–Trinajstić information content (AvgIpc) is 3.05. The molecule has 2 heterocycles. The summed E-state index contributed by atoms with van der Waals surface area (Å²) in [7, 11) is 0. The molecule has 0 radical (unpaired) electrons. The molecule has 5 heteroatoms. The van der Waals surface area contributed by atoms with Gasteiger partial charge in [0, 0.05) is 11.4 Å². The lowest BCUT2D eigenvalue weighted by Crippen LogP contribution is -2.52. The van der Waals surface area contributed by atoms with E-state index in [9.17, 15) is 14.7 Å². The molecule has 4 nitrogen and oxygen atoms in total. The van der Waals surface area contributed by atoms with Gasteiger partial charge in [-0.1, -0.05) is 20.3 Å². The number of aryl methyl sites for hydroxylation is 1. The van der Waals surface area contributed by atoms with Gasteiger partial charge in [0.1, 0.15) is 5.54 Å². The second-order valence-corrected chi connectivity index (χ2v) is 6.43. The Morgan fingerprint density at radius 1 is 1.40 bits per heavy atom. The van der Waals surface area contributed by atoms with Crippen molar-refractivity contribution in [3.8, 4) is 0 Å². The molecule has 1 N–H and O–H groups in total. The highest BCUT2D eigenvalue weighted by atomic mass is 32.1. The van der Waals surface area contributed by atoms with Crippen molar-refractivity contribution in [1.82, 2.24) is 4.90 Å². The molecule has 0 saturated carbocycles. The van der Waals surface area contributed by atoms with Crippen molar-refractivity contribution in [2.24, 2.45) is 0 Å². The maximum absolute atomic E-state index is 12.6. The first-order valence-corrected chi connectivity index (χ1v) is 8.01. The summed E-state index contributed by atoms with van der Waals surface area (Å²) >= 11 is 1.47. The Kier molecular flexibility index (Phi) is 4.48. The van der Waals surface area contributed by atoms with Crippen LogP contribution in [0.25, 0.3) is 0 Å². The minimum Gasteiger partial charge on any atom is -0.479 e. The lowest BCUT2D eigenvalue weighted by Gasteiger charge is -2.34. The summed E-state index contributed by atoms with van der Waals surface area (Å²) < 4.78 is 0. The fourth-order valence-corrected chi connectivity index (χ4v) is 3.89. The summed E-state index contributed by atoms with van der Waals surface area (Å²) in [5, 5.41) is 9.62. The fraction of sp³-hybridized carbons (Fsp3) is 0.600. The fourth-order valence-electron chi connectivity index (χ4n) is 2.99. The molecule has 0 aliphatic carbocycles. The van der Waals surface area contributed by atoms with Crippen LogP contribution in [0.5, 0.6) is 0 Å². The summed E-state index contributed by atoms with van der Waals surface area (Å²) in [5.74, 6) is -0.986. The summed E-state index contributed by atoms with van der Waals surface area (Å²) in [6, 6.07) is 3.78. The van der Waals surface area contributed by atoms with Crippen LogP contribution in [-0.4, -0.2) is 34.0 Å². The molecular weight excluding hydrogens is 274 g/mol. The molecule has 1 fully saturated rings. The van der Waals surface area contributed by atoms with Gasteiger partial charge in [0.15, 0.2) is 0 Å². The van der Waals surface area contributed by atoms with Gasteiger partial charge in [-0.3, -0.25) is 4.79 Å². The zero-order chi connectivity index (χ0) is 14.8. The van der Waals surface area contributed by atoms with E-state index < -0.39 is 11.5 Å². The van der Waals surface area contributed by atoms with E-state index >= 15 is 0 Å². The van der Waals surface area contributed by atoms with E-state index in [1.165, 1.54) is 11.3 Å². The van der Waals surface area contributed by atoms with Crippen LogP contribution in [0.4, 0.5) is 0 Å². The largest absolute Gasteiger partial charge is 0.479 e. The van der Waals surface area contributed by atoms with Crippen LogP contribution < -0.4 is 0 Å². The van der Waals surface area contributed by atoms with Crippen molar-refractivity contribution in [3.05, 3.63) is 21.9 Å². The number of aliphatic carboxylic acids is 1. The van der Waals surface area contributed by atoms with Crippen LogP contribution in [0.2, 0.25) is 0 Å². The SMILES string of the molecule is CCCC1(C(=O)O)CCCN1C(=O)c1ccc(CC)s1. The zero-order valence-electron chi connectivity index (χ0n) is 12.0. The maximum Gasteiger partial charge on any atom is 0.329 e. The minimum atomic E-state index is -0.998. The molecule has 1 aliphatic rings. The molecule has 2 rings (SSSR count). The van der Waals surface area contributed by atoms with Crippen molar-refractivity contribution in [2.45, 2.75) is 51.5 Å². The first kappa shape index (κ1) is 15.0. The van der Waals surface area contributed by atoms with Gasteiger partial charge in [-0.25, -0.2) is 4.79 Å². The first-order valence-electron chi connectivity index (χ1n) is 7.19. The Labute approximate surface area is 123 Å². The number of rotatable bonds is 5. The van der Waals surface area contributed by atoms with Gasteiger partial charge in [-0.05, 0) is 37.8 Å².